The molecule has 13 heavy (non-hydrogen) atoms. The highest BCUT2D eigenvalue weighted by Gasteiger charge is 2.31. The molecule has 2 atom stereocenters. The number of carbonyl (C=O) groups is 1. The van der Waals surface area contributed by atoms with Crippen LogP contribution in [0, 0.1) is 11.8 Å². The van der Waals surface area contributed by atoms with Crippen LogP contribution < -0.4 is 11.1 Å². The van der Waals surface area contributed by atoms with E-state index in [0.29, 0.717) is 6.04 Å². The lowest BCUT2D eigenvalue weighted by atomic mass is 9.76. The molecule has 0 aromatic rings. The van der Waals surface area contributed by atoms with Gasteiger partial charge < -0.3 is 11.1 Å². The van der Waals surface area contributed by atoms with Crippen molar-refractivity contribution in [2.24, 2.45) is 17.6 Å². The zero-order valence-corrected chi connectivity index (χ0v) is 7.96. The molecule has 3 heteroatoms. The van der Waals surface area contributed by atoms with E-state index in [1.165, 1.54) is 19.3 Å². The normalized spacial score (nSPS) is 35.4. The summed E-state index contributed by atoms with van der Waals surface area (Å²) in [5.41, 5.74) is 5.26. The zero-order valence-electron chi connectivity index (χ0n) is 7.96. The number of nitrogens with two attached hydrogens (primary N) is 1. The molecule has 1 saturated carbocycles. The molecule has 1 aliphatic carbocycles. The molecule has 2 fully saturated rings. The van der Waals surface area contributed by atoms with Crippen LogP contribution in [0.3, 0.4) is 0 Å². The predicted molar refractivity (Wildman–Crippen MR) is 51.1 cm³/mol. The van der Waals surface area contributed by atoms with Crippen molar-refractivity contribution >= 4 is 5.91 Å². The summed E-state index contributed by atoms with van der Waals surface area (Å²) in [5, 5.41) is 3.45. The summed E-state index contributed by atoms with van der Waals surface area (Å²) in [6, 6.07) is 0.671. The van der Waals surface area contributed by atoms with Gasteiger partial charge in [-0.2, -0.15) is 0 Å². The molecule has 0 aromatic heterocycles. The third-order valence-corrected chi connectivity index (χ3v) is 3.57. The number of piperidine rings is 1. The number of amides is 1. The molecule has 2 aliphatic rings. The van der Waals surface area contributed by atoms with Crippen LogP contribution in [0.25, 0.3) is 0 Å². The van der Waals surface area contributed by atoms with Gasteiger partial charge in [-0.05, 0) is 31.6 Å². The summed E-state index contributed by atoms with van der Waals surface area (Å²) in [6.07, 6.45) is 6.27. The molecule has 1 saturated heterocycles. The van der Waals surface area contributed by atoms with Crippen molar-refractivity contribution in [1.29, 1.82) is 0 Å². The SMILES string of the molecule is NC(=O)C1CCC(C2CCC2)NC1. The minimum Gasteiger partial charge on any atom is -0.369 e. The van der Waals surface area contributed by atoms with E-state index in [1.54, 1.807) is 0 Å². The average molecular weight is 182 g/mol. The van der Waals surface area contributed by atoms with Crippen LogP contribution in [0.2, 0.25) is 0 Å². The van der Waals surface area contributed by atoms with Gasteiger partial charge in [0.25, 0.3) is 0 Å². The fourth-order valence-electron chi connectivity index (χ4n) is 2.37. The topological polar surface area (TPSA) is 55.1 Å². The molecule has 1 heterocycles. The minimum atomic E-state index is -0.139. The van der Waals surface area contributed by atoms with Gasteiger partial charge in [-0.1, -0.05) is 6.42 Å². The van der Waals surface area contributed by atoms with E-state index in [2.05, 4.69) is 5.32 Å². The van der Waals surface area contributed by atoms with Gasteiger partial charge in [0.1, 0.15) is 0 Å². The van der Waals surface area contributed by atoms with Gasteiger partial charge >= 0.3 is 0 Å². The first kappa shape index (κ1) is 9.00. The Morgan fingerprint density at radius 1 is 1.23 bits per heavy atom. The smallest absolute Gasteiger partial charge is 0.221 e. The molecule has 74 valence electrons. The maximum atomic E-state index is 10.9. The van der Waals surface area contributed by atoms with Crippen LogP contribution in [0.4, 0.5) is 0 Å². The molecule has 0 spiro atoms. The van der Waals surface area contributed by atoms with E-state index < -0.39 is 0 Å². The Bertz CT molecular complexity index is 193. The summed E-state index contributed by atoms with van der Waals surface area (Å²) in [7, 11) is 0. The summed E-state index contributed by atoms with van der Waals surface area (Å²) >= 11 is 0. The van der Waals surface area contributed by atoms with E-state index in [1.807, 2.05) is 0 Å². The highest BCUT2D eigenvalue weighted by Crippen LogP contribution is 2.33. The first-order chi connectivity index (χ1) is 6.27. The quantitative estimate of drug-likeness (QED) is 0.658. The van der Waals surface area contributed by atoms with Crippen molar-refractivity contribution in [3.8, 4) is 0 Å². The van der Waals surface area contributed by atoms with Crippen LogP contribution >= 0.6 is 0 Å². The lowest BCUT2D eigenvalue weighted by Gasteiger charge is -2.38. The molecule has 0 aromatic carbocycles. The standard InChI is InChI=1S/C10H18N2O/c11-10(13)8-4-5-9(12-6-8)7-2-1-3-7/h7-9,12H,1-6H2,(H2,11,13). The van der Waals surface area contributed by atoms with Gasteiger partial charge in [-0.15, -0.1) is 0 Å². The Morgan fingerprint density at radius 2 is 2.00 bits per heavy atom. The van der Waals surface area contributed by atoms with Gasteiger partial charge in [0.05, 0.1) is 5.92 Å². The summed E-state index contributed by atoms with van der Waals surface area (Å²) in [6.45, 7) is 0.802. The molecule has 3 N–H and O–H groups in total. The van der Waals surface area contributed by atoms with Crippen molar-refractivity contribution in [2.45, 2.75) is 38.1 Å². The van der Waals surface area contributed by atoms with Crippen LogP contribution in [0.1, 0.15) is 32.1 Å². The fourth-order valence-corrected chi connectivity index (χ4v) is 2.37. The van der Waals surface area contributed by atoms with Gasteiger partial charge in [-0.25, -0.2) is 0 Å². The number of carbonyl (C=O) groups excluding carboxylic acids is 1. The lowest BCUT2D eigenvalue weighted by molar-refractivity contribution is -0.122. The highest BCUT2D eigenvalue weighted by atomic mass is 16.1. The number of hydrogen-bond acceptors (Lipinski definition) is 2. The van der Waals surface area contributed by atoms with Crippen LogP contribution in [0.5, 0.6) is 0 Å². The molecule has 0 radical (unpaired) electrons. The second-order valence-corrected chi connectivity index (χ2v) is 4.38. The molecule has 2 rings (SSSR count). The summed E-state index contributed by atoms with van der Waals surface area (Å²) in [4.78, 5) is 10.9. The number of primary amides is 1. The molecular formula is C10H18N2O. The first-order valence-electron chi connectivity index (χ1n) is 5.30. The maximum absolute atomic E-state index is 10.9. The fraction of sp³-hybridized carbons (Fsp3) is 0.900. The van der Waals surface area contributed by atoms with Gasteiger partial charge in [0, 0.05) is 12.6 Å². The molecule has 1 amide bonds. The third kappa shape index (κ3) is 1.85. The third-order valence-electron chi connectivity index (χ3n) is 3.57. The zero-order chi connectivity index (χ0) is 9.26. The maximum Gasteiger partial charge on any atom is 0.221 e. The second-order valence-electron chi connectivity index (χ2n) is 4.38. The van der Waals surface area contributed by atoms with E-state index >= 15 is 0 Å². The van der Waals surface area contributed by atoms with Crippen LogP contribution in [-0.2, 0) is 4.79 Å². The van der Waals surface area contributed by atoms with Crippen LogP contribution in [-0.4, -0.2) is 18.5 Å². The minimum absolute atomic E-state index is 0.0799. The monoisotopic (exact) mass is 182 g/mol. The van der Waals surface area contributed by atoms with E-state index in [-0.39, 0.29) is 11.8 Å². The van der Waals surface area contributed by atoms with E-state index in [0.717, 1.165) is 25.3 Å². The summed E-state index contributed by atoms with van der Waals surface area (Å²) < 4.78 is 0. The van der Waals surface area contributed by atoms with Crippen molar-refractivity contribution in [2.75, 3.05) is 6.54 Å². The Hall–Kier alpha value is -0.570. The molecule has 1 aliphatic heterocycles. The number of nitrogens with one attached hydrogen (secondary N) is 1. The lowest BCUT2D eigenvalue weighted by Crippen LogP contribution is -2.48. The number of hydrogen-bond donors (Lipinski definition) is 2. The highest BCUT2D eigenvalue weighted by molar-refractivity contribution is 5.76. The largest absolute Gasteiger partial charge is 0.369 e. The first-order valence-corrected chi connectivity index (χ1v) is 5.30. The molecule has 3 nitrogen and oxygen atoms in total. The Morgan fingerprint density at radius 3 is 2.38 bits per heavy atom. The Labute approximate surface area is 79.1 Å². The van der Waals surface area contributed by atoms with Crippen LogP contribution in [0.15, 0.2) is 0 Å². The summed E-state index contributed by atoms with van der Waals surface area (Å²) in [5.74, 6) is 0.824. The molecule has 0 bridgehead atoms. The van der Waals surface area contributed by atoms with E-state index in [9.17, 15) is 4.79 Å². The van der Waals surface area contributed by atoms with E-state index in [4.69, 9.17) is 5.73 Å². The molecule has 2 unspecified atom stereocenters. The van der Waals surface area contributed by atoms with Crippen molar-refractivity contribution < 1.29 is 4.79 Å². The van der Waals surface area contributed by atoms with Crippen molar-refractivity contribution in [3.05, 3.63) is 0 Å². The van der Waals surface area contributed by atoms with Gasteiger partial charge in [-0.3, -0.25) is 4.79 Å². The Kier molecular flexibility index (Phi) is 2.54. The second kappa shape index (κ2) is 3.66. The predicted octanol–water partition coefficient (Wildman–Crippen LogP) is 0.640. The number of rotatable bonds is 2. The van der Waals surface area contributed by atoms with Crippen molar-refractivity contribution in [3.63, 3.8) is 0 Å². The average Bonchev–Trinajstić information content (AvgIpc) is 2.02. The Balaban J connectivity index is 1.78. The molecular weight excluding hydrogens is 164 g/mol. The van der Waals surface area contributed by atoms with Crippen molar-refractivity contribution in [1.82, 2.24) is 5.32 Å². The van der Waals surface area contributed by atoms with Gasteiger partial charge in [0.15, 0.2) is 0 Å². The van der Waals surface area contributed by atoms with Gasteiger partial charge in [0.2, 0.25) is 5.91 Å².